The van der Waals surface area contributed by atoms with Crippen LogP contribution >= 0.6 is 12.4 Å². The predicted octanol–water partition coefficient (Wildman–Crippen LogP) is 0.457. The average Bonchev–Trinajstić information content (AvgIpc) is 2.88. The summed E-state index contributed by atoms with van der Waals surface area (Å²) in [5, 5.41) is 15.7. The molecule has 7 heteroatoms. The molecule has 0 spiro atoms. The van der Waals surface area contributed by atoms with Crippen molar-refractivity contribution < 1.29 is 19.0 Å². The normalized spacial score (nSPS) is 15.6. The molecule has 21 heavy (non-hydrogen) atoms. The number of halogens is 1. The van der Waals surface area contributed by atoms with Crippen molar-refractivity contribution in [3.63, 3.8) is 0 Å². The third kappa shape index (κ3) is 3.72. The lowest BCUT2D eigenvalue weighted by Gasteiger charge is -2.24. The Balaban J connectivity index is 0.00000161. The van der Waals surface area contributed by atoms with Crippen molar-refractivity contribution in [3.8, 4) is 17.2 Å². The SMILES string of the molecule is Cl.[O-]c1on[n+](CCN2CCOCC2)c1-c1ccccc1. The van der Waals surface area contributed by atoms with Gasteiger partial charge in [-0.05, 0) is 12.1 Å². The maximum absolute atomic E-state index is 11.8. The minimum atomic E-state index is -0.391. The van der Waals surface area contributed by atoms with E-state index in [1.165, 1.54) is 0 Å². The number of ether oxygens (including phenoxy) is 1. The molecule has 0 amide bonds. The summed E-state index contributed by atoms with van der Waals surface area (Å²) in [6, 6.07) is 9.49. The molecule has 0 N–H and O–H groups in total. The first-order chi connectivity index (χ1) is 9.84. The van der Waals surface area contributed by atoms with Crippen molar-refractivity contribution in [1.29, 1.82) is 0 Å². The van der Waals surface area contributed by atoms with Gasteiger partial charge < -0.3 is 14.4 Å². The molecule has 3 rings (SSSR count). The number of nitrogens with zero attached hydrogens (tertiary/aromatic N) is 3. The predicted molar refractivity (Wildman–Crippen MR) is 76.1 cm³/mol. The molecule has 6 nitrogen and oxygen atoms in total. The molecular formula is C14H18ClN3O3. The zero-order valence-corrected chi connectivity index (χ0v) is 12.4. The molecular weight excluding hydrogens is 294 g/mol. The van der Waals surface area contributed by atoms with Crippen LogP contribution in [0.3, 0.4) is 0 Å². The number of benzene rings is 1. The van der Waals surface area contributed by atoms with Gasteiger partial charge in [0.2, 0.25) is 0 Å². The van der Waals surface area contributed by atoms with Crippen LogP contribution in [0.2, 0.25) is 0 Å². The number of hydrogen-bond donors (Lipinski definition) is 0. The first-order valence-electron chi connectivity index (χ1n) is 6.77. The maximum Gasteiger partial charge on any atom is 0.264 e. The van der Waals surface area contributed by atoms with Crippen LogP contribution in [0.15, 0.2) is 34.9 Å². The number of hydrogen-bond acceptors (Lipinski definition) is 5. The third-order valence-electron chi connectivity index (χ3n) is 3.45. The zero-order chi connectivity index (χ0) is 13.8. The van der Waals surface area contributed by atoms with E-state index < -0.39 is 5.95 Å². The fourth-order valence-electron chi connectivity index (χ4n) is 2.35. The summed E-state index contributed by atoms with van der Waals surface area (Å²) in [5.74, 6) is -0.391. The van der Waals surface area contributed by atoms with Crippen LogP contribution in [0.4, 0.5) is 0 Å². The van der Waals surface area contributed by atoms with E-state index in [0.717, 1.165) is 38.4 Å². The minimum absolute atomic E-state index is 0. The molecule has 114 valence electrons. The molecule has 1 aliphatic heterocycles. The Morgan fingerprint density at radius 2 is 1.90 bits per heavy atom. The summed E-state index contributed by atoms with van der Waals surface area (Å²) in [7, 11) is 0. The molecule has 0 saturated carbocycles. The summed E-state index contributed by atoms with van der Waals surface area (Å²) in [6.07, 6.45) is 0. The van der Waals surface area contributed by atoms with Gasteiger partial charge in [-0.25, -0.2) is 0 Å². The number of aromatic nitrogens is 2. The second-order valence-electron chi connectivity index (χ2n) is 4.75. The molecule has 0 unspecified atom stereocenters. The van der Waals surface area contributed by atoms with Gasteiger partial charge >= 0.3 is 0 Å². The van der Waals surface area contributed by atoms with Crippen LogP contribution in [0.25, 0.3) is 11.3 Å². The van der Waals surface area contributed by atoms with Gasteiger partial charge in [0.25, 0.3) is 5.69 Å². The van der Waals surface area contributed by atoms with Gasteiger partial charge in [0.05, 0.1) is 30.6 Å². The van der Waals surface area contributed by atoms with Crippen LogP contribution in [0.1, 0.15) is 0 Å². The second-order valence-corrected chi connectivity index (χ2v) is 4.75. The average molecular weight is 312 g/mol. The summed E-state index contributed by atoms with van der Waals surface area (Å²) in [5.41, 5.74) is 1.35. The molecule has 0 radical (unpaired) electrons. The van der Waals surface area contributed by atoms with E-state index in [1.54, 1.807) is 4.68 Å². The molecule has 2 aromatic rings. The van der Waals surface area contributed by atoms with Gasteiger partial charge in [-0.3, -0.25) is 4.90 Å². The summed E-state index contributed by atoms with van der Waals surface area (Å²) in [6.45, 7) is 4.84. The molecule has 0 atom stereocenters. The van der Waals surface area contributed by atoms with Gasteiger partial charge in [-0.1, -0.05) is 22.9 Å². The maximum atomic E-state index is 11.8. The highest BCUT2D eigenvalue weighted by atomic mass is 35.5. The number of rotatable bonds is 4. The number of morpholine rings is 1. The molecule has 0 bridgehead atoms. The van der Waals surface area contributed by atoms with E-state index >= 15 is 0 Å². The topological polar surface area (TPSA) is 65.4 Å². The fourth-order valence-corrected chi connectivity index (χ4v) is 2.35. The lowest BCUT2D eigenvalue weighted by Crippen LogP contribution is -2.46. The highest BCUT2D eigenvalue weighted by Gasteiger charge is 2.21. The van der Waals surface area contributed by atoms with Gasteiger partial charge in [0.1, 0.15) is 0 Å². The van der Waals surface area contributed by atoms with Crippen LogP contribution in [0.5, 0.6) is 5.95 Å². The Morgan fingerprint density at radius 1 is 1.19 bits per heavy atom. The van der Waals surface area contributed by atoms with Crippen LogP contribution in [-0.2, 0) is 11.3 Å². The van der Waals surface area contributed by atoms with Gasteiger partial charge in [-0.2, -0.15) is 0 Å². The van der Waals surface area contributed by atoms with Crippen molar-refractivity contribution in [2.24, 2.45) is 0 Å². The largest absolute Gasteiger partial charge is 0.539 e. The van der Waals surface area contributed by atoms with Crippen LogP contribution in [0, 0.1) is 0 Å². The zero-order valence-electron chi connectivity index (χ0n) is 11.6. The summed E-state index contributed by atoms with van der Waals surface area (Å²) >= 11 is 0. The van der Waals surface area contributed by atoms with Crippen molar-refractivity contribution in [1.82, 2.24) is 10.2 Å². The van der Waals surface area contributed by atoms with E-state index in [0.29, 0.717) is 12.2 Å². The lowest BCUT2D eigenvalue weighted by atomic mass is 10.1. The van der Waals surface area contributed by atoms with Crippen molar-refractivity contribution >= 4 is 12.4 Å². The molecule has 1 saturated heterocycles. The molecule has 1 aliphatic rings. The van der Waals surface area contributed by atoms with E-state index in [4.69, 9.17) is 9.26 Å². The van der Waals surface area contributed by atoms with Gasteiger partial charge in [0.15, 0.2) is 12.5 Å². The lowest BCUT2D eigenvalue weighted by molar-refractivity contribution is -0.752. The first kappa shape index (κ1) is 15.8. The van der Waals surface area contributed by atoms with Crippen molar-refractivity contribution in [2.75, 3.05) is 32.8 Å². The van der Waals surface area contributed by atoms with E-state index in [9.17, 15) is 5.11 Å². The molecule has 2 heterocycles. The monoisotopic (exact) mass is 311 g/mol. The summed E-state index contributed by atoms with van der Waals surface area (Å²) in [4.78, 5) is 2.30. The Labute approximate surface area is 129 Å². The Kier molecular flexibility index (Phi) is 5.55. The fraction of sp³-hybridized carbons (Fsp3) is 0.429. The van der Waals surface area contributed by atoms with E-state index in [1.807, 2.05) is 30.3 Å². The molecule has 1 aromatic heterocycles. The van der Waals surface area contributed by atoms with Crippen molar-refractivity contribution in [2.45, 2.75) is 6.54 Å². The van der Waals surface area contributed by atoms with Crippen LogP contribution < -0.4 is 9.79 Å². The smallest absolute Gasteiger partial charge is 0.264 e. The van der Waals surface area contributed by atoms with Gasteiger partial charge in [-0.15, -0.1) is 12.4 Å². The third-order valence-corrected chi connectivity index (χ3v) is 3.45. The highest BCUT2D eigenvalue weighted by molar-refractivity contribution is 5.85. The van der Waals surface area contributed by atoms with E-state index in [2.05, 4.69) is 10.2 Å². The van der Waals surface area contributed by atoms with Crippen LogP contribution in [-0.4, -0.2) is 43.0 Å². The quantitative estimate of drug-likeness (QED) is 0.767. The Bertz CT molecular complexity index is 556. The first-order valence-corrected chi connectivity index (χ1v) is 6.77. The Morgan fingerprint density at radius 3 is 2.62 bits per heavy atom. The van der Waals surface area contributed by atoms with Crippen molar-refractivity contribution in [3.05, 3.63) is 30.3 Å². The van der Waals surface area contributed by atoms with E-state index in [-0.39, 0.29) is 12.4 Å². The molecule has 1 fully saturated rings. The summed E-state index contributed by atoms with van der Waals surface area (Å²) < 4.78 is 11.8. The Hall–Kier alpha value is -1.63. The molecule has 0 aliphatic carbocycles. The molecule has 1 aromatic carbocycles. The highest BCUT2D eigenvalue weighted by Crippen LogP contribution is 2.22. The van der Waals surface area contributed by atoms with Gasteiger partial charge in [0, 0.05) is 13.1 Å². The minimum Gasteiger partial charge on any atom is -0.539 e. The standard InChI is InChI=1S/C14H17N3O3.ClH/c18-14-13(12-4-2-1-3-5-12)17(15-20-14)7-6-16-8-10-19-11-9-16;/h1-5H,6-11H2;1H. The second kappa shape index (κ2) is 7.40.